The summed E-state index contributed by atoms with van der Waals surface area (Å²) in [7, 11) is 1.90. The Hall–Kier alpha value is -1.02. The maximum Gasteiger partial charge on any atom is 0.225 e. The Bertz CT molecular complexity index is 584. The van der Waals surface area contributed by atoms with Crippen LogP contribution in [-0.2, 0) is 11.3 Å². The average Bonchev–Trinajstić information content (AvgIpc) is 2.81. The fourth-order valence-electron chi connectivity index (χ4n) is 2.05. The molecule has 19 heavy (non-hydrogen) atoms. The molecule has 0 bridgehead atoms. The number of nitrogens with one attached hydrogen (secondary N) is 1. The Balaban J connectivity index is 2.05. The summed E-state index contributed by atoms with van der Waals surface area (Å²) in [6.45, 7) is 3.75. The molecule has 1 saturated heterocycles. The van der Waals surface area contributed by atoms with E-state index in [-0.39, 0.29) is 5.28 Å². The molecule has 0 atom stereocenters. The molecule has 1 fully saturated rings. The number of fused-ring (bicyclic) bond motifs is 1. The van der Waals surface area contributed by atoms with Crippen molar-refractivity contribution in [1.82, 2.24) is 20.3 Å². The smallest absolute Gasteiger partial charge is 0.225 e. The van der Waals surface area contributed by atoms with E-state index < -0.39 is 0 Å². The monoisotopic (exact) mass is 299 g/mol. The molecular formula is C11H14ClN5OS. The zero-order chi connectivity index (χ0) is 13.2. The number of anilines is 1. The summed E-state index contributed by atoms with van der Waals surface area (Å²) < 4.78 is 5.36. The van der Waals surface area contributed by atoms with Crippen LogP contribution in [0.2, 0.25) is 5.28 Å². The molecule has 0 aliphatic carbocycles. The van der Waals surface area contributed by atoms with Gasteiger partial charge in [0.15, 0.2) is 10.6 Å². The lowest BCUT2D eigenvalue weighted by molar-refractivity contribution is 0.122. The van der Waals surface area contributed by atoms with Crippen LogP contribution >= 0.6 is 22.9 Å². The molecule has 6 nitrogen and oxygen atoms in total. The van der Waals surface area contributed by atoms with Gasteiger partial charge in [-0.1, -0.05) is 11.3 Å². The van der Waals surface area contributed by atoms with E-state index in [0.717, 1.165) is 40.8 Å². The highest BCUT2D eigenvalue weighted by atomic mass is 35.5. The number of hydrogen-bond acceptors (Lipinski definition) is 7. The van der Waals surface area contributed by atoms with Crippen LogP contribution in [0, 0.1) is 0 Å². The highest BCUT2D eigenvalue weighted by Crippen LogP contribution is 2.29. The molecular weight excluding hydrogens is 286 g/mol. The molecule has 102 valence electrons. The molecule has 0 radical (unpaired) electrons. The van der Waals surface area contributed by atoms with Gasteiger partial charge in [-0.05, 0) is 18.6 Å². The number of nitrogens with zero attached hydrogens (tertiary/aromatic N) is 4. The van der Waals surface area contributed by atoms with Crippen LogP contribution < -0.4 is 10.2 Å². The van der Waals surface area contributed by atoms with Crippen LogP contribution in [0.1, 0.15) is 5.01 Å². The minimum absolute atomic E-state index is 0.272. The summed E-state index contributed by atoms with van der Waals surface area (Å²) in [6.07, 6.45) is 0. The van der Waals surface area contributed by atoms with Crippen molar-refractivity contribution in [3.8, 4) is 0 Å². The second kappa shape index (κ2) is 5.54. The second-order valence-corrected chi connectivity index (χ2v) is 5.61. The quantitative estimate of drug-likeness (QED) is 0.862. The normalized spacial score (nSPS) is 16.2. The van der Waals surface area contributed by atoms with Crippen molar-refractivity contribution in [1.29, 1.82) is 0 Å². The molecule has 2 aromatic rings. The van der Waals surface area contributed by atoms with Gasteiger partial charge < -0.3 is 15.0 Å². The fourth-order valence-corrected chi connectivity index (χ4v) is 3.21. The highest BCUT2D eigenvalue weighted by Gasteiger charge is 2.19. The Kier molecular flexibility index (Phi) is 3.79. The third kappa shape index (κ3) is 2.64. The van der Waals surface area contributed by atoms with Gasteiger partial charge in [-0.3, -0.25) is 0 Å². The summed E-state index contributed by atoms with van der Waals surface area (Å²) in [5.74, 6) is 0.817. The summed E-state index contributed by atoms with van der Waals surface area (Å²) >= 11 is 7.56. The van der Waals surface area contributed by atoms with Gasteiger partial charge in [0.05, 0.1) is 13.2 Å². The van der Waals surface area contributed by atoms with Crippen molar-refractivity contribution >= 4 is 39.1 Å². The first-order valence-corrected chi connectivity index (χ1v) is 7.27. The standard InChI is InChI=1S/C11H14ClN5OS/c1-13-6-7-14-8-9(17-2-4-18-5-3-17)15-11(12)16-10(8)19-7/h13H,2-6H2,1H3. The third-order valence-corrected chi connectivity index (χ3v) is 4.01. The predicted molar refractivity (Wildman–Crippen MR) is 76.0 cm³/mol. The lowest BCUT2D eigenvalue weighted by Crippen LogP contribution is -2.37. The van der Waals surface area contributed by atoms with Gasteiger partial charge in [0.25, 0.3) is 0 Å². The second-order valence-electron chi connectivity index (χ2n) is 4.21. The predicted octanol–water partition coefficient (Wildman–Crippen LogP) is 1.30. The molecule has 0 saturated carbocycles. The van der Waals surface area contributed by atoms with E-state index in [1.54, 1.807) is 11.3 Å². The molecule has 0 aromatic carbocycles. The average molecular weight is 300 g/mol. The van der Waals surface area contributed by atoms with Crippen molar-refractivity contribution in [3.63, 3.8) is 0 Å². The van der Waals surface area contributed by atoms with E-state index >= 15 is 0 Å². The summed E-state index contributed by atoms with van der Waals surface area (Å²) in [5, 5.41) is 4.35. The molecule has 3 heterocycles. The van der Waals surface area contributed by atoms with E-state index in [0.29, 0.717) is 13.2 Å². The number of thiazole rings is 1. The van der Waals surface area contributed by atoms with Crippen LogP contribution in [0.3, 0.4) is 0 Å². The van der Waals surface area contributed by atoms with Crippen LogP contribution in [0.15, 0.2) is 0 Å². The minimum atomic E-state index is 0.272. The van der Waals surface area contributed by atoms with Gasteiger partial charge in [0.2, 0.25) is 5.28 Å². The zero-order valence-corrected chi connectivity index (χ0v) is 12.1. The first kappa shape index (κ1) is 13.0. The Morgan fingerprint density at radius 3 is 2.84 bits per heavy atom. The largest absolute Gasteiger partial charge is 0.378 e. The number of morpholine rings is 1. The Labute approximate surface area is 119 Å². The maximum absolute atomic E-state index is 6.01. The van der Waals surface area contributed by atoms with Crippen molar-refractivity contribution in [2.45, 2.75) is 6.54 Å². The molecule has 1 N–H and O–H groups in total. The van der Waals surface area contributed by atoms with Crippen molar-refractivity contribution in [3.05, 3.63) is 10.3 Å². The molecule has 0 spiro atoms. The van der Waals surface area contributed by atoms with E-state index in [1.807, 2.05) is 7.05 Å². The van der Waals surface area contributed by atoms with Gasteiger partial charge >= 0.3 is 0 Å². The van der Waals surface area contributed by atoms with Crippen molar-refractivity contribution in [2.75, 3.05) is 38.3 Å². The first-order valence-electron chi connectivity index (χ1n) is 6.08. The number of rotatable bonds is 3. The molecule has 2 aromatic heterocycles. The lowest BCUT2D eigenvalue weighted by Gasteiger charge is -2.27. The molecule has 8 heteroatoms. The highest BCUT2D eigenvalue weighted by molar-refractivity contribution is 7.18. The molecule has 0 unspecified atom stereocenters. The summed E-state index contributed by atoms with van der Waals surface area (Å²) in [6, 6.07) is 0. The van der Waals surface area contributed by atoms with Crippen molar-refractivity contribution in [2.24, 2.45) is 0 Å². The summed E-state index contributed by atoms with van der Waals surface area (Å²) in [4.78, 5) is 16.2. The van der Waals surface area contributed by atoms with Gasteiger partial charge in [0, 0.05) is 19.6 Å². The van der Waals surface area contributed by atoms with Crippen LogP contribution in [-0.4, -0.2) is 48.3 Å². The minimum Gasteiger partial charge on any atom is -0.378 e. The lowest BCUT2D eigenvalue weighted by atomic mass is 10.4. The van der Waals surface area contributed by atoms with Gasteiger partial charge in [-0.25, -0.2) is 9.97 Å². The fraction of sp³-hybridized carbons (Fsp3) is 0.545. The van der Waals surface area contributed by atoms with E-state index in [4.69, 9.17) is 16.3 Å². The van der Waals surface area contributed by atoms with Gasteiger partial charge in [-0.15, -0.1) is 0 Å². The molecule has 0 amide bonds. The Morgan fingerprint density at radius 2 is 2.11 bits per heavy atom. The molecule has 1 aliphatic rings. The molecule has 1 aliphatic heterocycles. The number of halogens is 1. The third-order valence-electron chi connectivity index (χ3n) is 2.90. The van der Waals surface area contributed by atoms with E-state index in [2.05, 4.69) is 25.2 Å². The number of ether oxygens (including phenoxy) is 1. The van der Waals surface area contributed by atoms with Crippen LogP contribution in [0.5, 0.6) is 0 Å². The maximum atomic E-state index is 6.01. The number of aromatic nitrogens is 3. The number of hydrogen-bond donors (Lipinski definition) is 1. The molecule has 3 rings (SSSR count). The van der Waals surface area contributed by atoms with E-state index in [1.165, 1.54) is 0 Å². The topological polar surface area (TPSA) is 63.2 Å². The van der Waals surface area contributed by atoms with Gasteiger partial charge in [-0.2, -0.15) is 4.98 Å². The Morgan fingerprint density at radius 1 is 1.32 bits per heavy atom. The van der Waals surface area contributed by atoms with Crippen LogP contribution in [0.25, 0.3) is 10.3 Å². The van der Waals surface area contributed by atoms with Gasteiger partial charge in [0.1, 0.15) is 10.5 Å². The van der Waals surface area contributed by atoms with Crippen LogP contribution in [0.4, 0.5) is 5.82 Å². The SMILES string of the molecule is CNCc1nc2c(N3CCOCC3)nc(Cl)nc2s1. The summed E-state index contributed by atoms with van der Waals surface area (Å²) in [5.41, 5.74) is 0.835. The van der Waals surface area contributed by atoms with Crippen molar-refractivity contribution < 1.29 is 4.74 Å². The zero-order valence-electron chi connectivity index (χ0n) is 10.5. The first-order chi connectivity index (χ1) is 9.28. The van der Waals surface area contributed by atoms with E-state index in [9.17, 15) is 0 Å².